The molecule has 1 amide bonds. The van der Waals surface area contributed by atoms with Gasteiger partial charge < -0.3 is 10.2 Å². The van der Waals surface area contributed by atoms with E-state index in [0.29, 0.717) is 17.9 Å². The van der Waals surface area contributed by atoms with E-state index < -0.39 is 0 Å². The van der Waals surface area contributed by atoms with Crippen molar-refractivity contribution < 1.29 is 4.79 Å². The summed E-state index contributed by atoms with van der Waals surface area (Å²) in [6, 6.07) is 5.39. The first kappa shape index (κ1) is 15.4. The first-order valence-corrected chi connectivity index (χ1v) is 8.00. The zero-order valence-corrected chi connectivity index (χ0v) is 13.3. The second-order valence-corrected chi connectivity index (χ2v) is 5.75. The lowest BCUT2D eigenvalue weighted by molar-refractivity contribution is 0.0949. The standard InChI is InChI=1S/C17H21N5O/c1-13-11-16(22-9-3-2-4-10-22)21-15(20-13)12-19-17(23)14-5-7-18-8-6-14/h5-8,11H,2-4,9-10,12H2,1H3,(H,19,23). The van der Waals surface area contributed by atoms with E-state index in [1.54, 1.807) is 24.5 Å². The Morgan fingerprint density at radius 2 is 1.91 bits per heavy atom. The molecule has 3 rings (SSSR count). The van der Waals surface area contributed by atoms with Crippen molar-refractivity contribution in [3.8, 4) is 0 Å². The van der Waals surface area contributed by atoms with E-state index in [1.807, 2.05) is 13.0 Å². The average molecular weight is 311 g/mol. The Bertz CT molecular complexity index is 668. The van der Waals surface area contributed by atoms with Crippen LogP contribution in [0, 0.1) is 6.92 Å². The largest absolute Gasteiger partial charge is 0.357 e. The van der Waals surface area contributed by atoms with Crippen LogP contribution in [0.5, 0.6) is 0 Å². The number of nitrogens with zero attached hydrogens (tertiary/aromatic N) is 4. The molecule has 1 saturated heterocycles. The molecule has 0 atom stereocenters. The SMILES string of the molecule is Cc1cc(N2CCCCC2)nc(CNC(=O)c2ccncc2)n1. The maximum Gasteiger partial charge on any atom is 0.251 e. The number of aromatic nitrogens is 3. The van der Waals surface area contributed by atoms with Gasteiger partial charge in [-0.1, -0.05) is 0 Å². The summed E-state index contributed by atoms with van der Waals surface area (Å²) in [5, 5.41) is 2.86. The molecule has 6 nitrogen and oxygen atoms in total. The zero-order valence-electron chi connectivity index (χ0n) is 13.3. The summed E-state index contributed by atoms with van der Waals surface area (Å²) in [6.07, 6.45) is 6.91. The van der Waals surface area contributed by atoms with Crippen molar-refractivity contribution in [2.45, 2.75) is 32.7 Å². The first-order chi connectivity index (χ1) is 11.2. The van der Waals surface area contributed by atoms with Crippen LogP contribution in [0.3, 0.4) is 0 Å². The molecular weight excluding hydrogens is 290 g/mol. The van der Waals surface area contributed by atoms with Gasteiger partial charge in [0.05, 0.1) is 6.54 Å². The van der Waals surface area contributed by atoms with Crippen LogP contribution in [0.4, 0.5) is 5.82 Å². The molecule has 2 aromatic rings. The molecular formula is C17H21N5O. The molecule has 23 heavy (non-hydrogen) atoms. The Labute approximate surface area is 136 Å². The van der Waals surface area contributed by atoms with Crippen molar-refractivity contribution in [1.82, 2.24) is 20.3 Å². The molecule has 0 saturated carbocycles. The monoisotopic (exact) mass is 311 g/mol. The minimum atomic E-state index is -0.142. The first-order valence-electron chi connectivity index (χ1n) is 8.00. The maximum atomic E-state index is 12.1. The fourth-order valence-electron chi connectivity index (χ4n) is 2.74. The van der Waals surface area contributed by atoms with Crippen LogP contribution >= 0.6 is 0 Å². The average Bonchev–Trinajstić information content (AvgIpc) is 2.61. The van der Waals surface area contributed by atoms with E-state index in [1.165, 1.54) is 19.3 Å². The third-order valence-electron chi connectivity index (χ3n) is 3.92. The summed E-state index contributed by atoms with van der Waals surface area (Å²) in [5.74, 6) is 1.47. The summed E-state index contributed by atoms with van der Waals surface area (Å²) >= 11 is 0. The summed E-state index contributed by atoms with van der Waals surface area (Å²) in [4.78, 5) is 27.3. The minimum Gasteiger partial charge on any atom is -0.357 e. The second-order valence-electron chi connectivity index (χ2n) is 5.75. The molecule has 0 aliphatic carbocycles. The van der Waals surface area contributed by atoms with Gasteiger partial charge in [-0.25, -0.2) is 9.97 Å². The lowest BCUT2D eigenvalue weighted by Crippen LogP contribution is -2.31. The van der Waals surface area contributed by atoms with Crippen LogP contribution < -0.4 is 10.2 Å². The maximum absolute atomic E-state index is 12.1. The van der Waals surface area contributed by atoms with Gasteiger partial charge in [0.15, 0.2) is 0 Å². The number of pyridine rings is 1. The van der Waals surface area contributed by atoms with Gasteiger partial charge in [-0.3, -0.25) is 9.78 Å². The van der Waals surface area contributed by atoms with Gasteiger partial charge in [-0.05, 0) is 38.3 Å². The van der Waals surface area contributed by atoms with Crippen molar-refractivity contribution in [2.75, 3.05) is 18.0 Å². The Kier molecular flexibility index (Phi) is 4.80. The number of hydrogen-bond donors (Lipinski definition) is 1. The van der Waals surface area contributed by atoms with Crippen LogP contribution in [0.25, 0.3) is 0 Å². The lowest BCUT2D eigenvalue weighted by atomic mass is 10.1. The predicted molar refractivity (Wildman–Crippen MR) is 88.2 cm³/mol. The molecule has 0 aromatic carbocycles. The molecule has 0 radical (unpaired) electrons. The third kappa shape index (κ3) is 4.03. The molecule has 3 heterocycles. The van der Waals surface area contributed by atoms with E-state index in [4.69, 9.17) is 0 Å². The summed E-state index contributed by atoms with van der Waals surface area (Å²) < 4.78 is 0. The zero-order chi connectivity index (χ0) is 16.1. The summed E-state index contributed by atoms with van der Waals surface area (Å²) in [6.45, 7) is 4.37. The molecule has 1 N–H and O–H groups in total. The smallest absolute Gasteiger partial charge is 0.251 e. The number of rotatable bonds is 4. The third-order valence-corrected chi connectivity index (χ3v) is 3.92. The van der Waals surface area contributed by atoms with Gasteiger partial charge in [0.1, 0.15) is 11.6 Å². The summed E-state index contributed by atoms with van der Waals surface area (Å²) in [5.41, 5.74) is 1.51. The number of carbonyl (C=O) groups excluding carboxylic acids is 1. The number of amides is 1. The van der Waals surface area contributed by atoms with Crippen molar-refractivity contribution in [3.63, 3.8) is 0 Å². The molecule has 0 bridgehead atoms. The number of hydrogen-bond acceptors (Lipinski definition) is 5. The van der Waals surface area contributed by atoms with Gasteiger partial charge in [0.25, 0.3) is 5.91 Å². The molecule has 0 unspecified atom stereocenters. The number of carbonyl (C=O) groups is 1. The molecule has 0 spiro atoms. The van der Waals surface area contributed by atoms with Gasteiger partial charge in [0, 0.05) is 42.8 Å². The van der Waals surface area contributed by atoms with Crippen molar-refractivity contribution in [1.29, 1.82) is 0 Å². The fourth-order valence-corrected chi connectivity index (χ4v) is 2.74. The normalized spacial score (nSPS) is 14.6. The highest BCUT2D eigenvalue weighted by atomic mass is 16.1. The van der Waals surface area contributed by atoms with E-state index in [0.717, 1.165) is 24.6 Å². The molecule has 2 aromatic heterocycles. The highest BCUT2D eigenvalue weighted by molar-refractivity contribution is 5.93. The molecule has 6 heteroatoms. The quantitative estimate of drug-likeness (QED) is 0.936. The fraction of sp³-hybridized carbons (Fsp3) is 0.412. The van der Waals surface area contributed by atoms with E-state index in [9.17, 15) is 4.79 Å². The van der Waals surface area contributed by atoms with Crippen molar-refractivity contribution in [2.24, 2.45) is 0 Å². The number of nitrogens with one attached hydrogen (secondary N) is 1. The number of anilines is 1. The number of aryl methyl sites for hydroxylation is 1. The summed E-state index contributed by atoms with van der Waals surface area (Å²) in [7, 11) is 0. The van der Waals surface area contributed by atoms with Crippen LogP contribution in [0.1, 0.15) is 41.1 Å². The van der Waals surface area contributed by atoms with Crippen LogP contribution in [-0.4, -0.2) is 33.9 Å². The van der Waals surface area contributed by atoms with Crippen LogP contribution in [0.2, 0.25) is 0 Å². The van der Waals surface area contributed by atoms with Gasteiger partial charge in [-0.15, -0.1) is 0 Å². The topological polar surface area (TPSA) is 71.0 Å². The molecule has 1 fully saturated rings. The van der Waals surface area contributed by atoms with Crippen molar-refractivity contribution >= 4 is 11.7 Å². The van der Waals surface area contributed by atoms with E-state index >= 15 is 0 Å². The van der Waals surface area contributed by atoms with Gasteiger partial charge in [-0.2, -0.15) is 0 Å². The van der Waals surface area contributed by atoms with Crippen LogP contribution in [-0.2, 0) is 6.54 Å². The molecule has 1 aliphatic heterocycles. The predicted octanol–water partition coefficient (Wildman–Crippen LogP) is 2.10. The van der Waals surface area contributed by atoms with Gasteiger partial charge in [0.2, 0.25) is 0 Å². The number of piperidine rings is 1. The van der Waals surface area contributed by atoms with E-state index in [2.05, 4.69) is 25.2 Å². The molecule has 120 valence electrons. The van der Waals surface area contributed by atoms with E-state index in [-0.39, 0.29) is 5.91 Å². The molecule has 1 aliphatic rings. The Balaban J connectivity index is 1.68. The minimum absolute atomic E-state index is 0.142. The van der Waals surface area contributed by atoms with Crippen LogP contribution in [0.15, 0.2) is 30.6 Å². The lowest BCUT2D eigenvalue weighted by Gasteiger charge is -2.28. The Hall–Kier alpha value is -2.50. The Morgan fingerprint density at radius 1 is 1.17 bits per heavy atom. The second kappa shape index (κ2) is 7.17. The highest BCUT2D eigenvalue weighted by Gasteiger charge is 2.14. The Morgan fingerprint density at radius 3 is 2.65 bits per heavy atom. The van der Waals surface area contributed by atoms with Gasteiger partial charge >= 0.3 is 0 Å². The highest BCUT2D eigenvalue weighted by Crippen LogP contribution is 2.18. The van der Waals surface area contributed by atoms with Crippen molar-refractivity contribution in [3.05, 3.63) is 47.7 Å².